The van der Waals surface area contributed by atoms with Crippen LogP contribution >= 0.6 is 22.9 Å². The Morgan fingerprint density at radius 1 is 1.56 bits per heavy atom. The highest BCUT2D eigenvalue weighted by atomic mass is 35.5. The summed E-state index contributed by atoms with van der Waals surface area (Å²) in [5, 5.41) is 6.38. The predicted octanol–water partition coefficient (Wildman–Crippen LogP) is 2.45. The first-order chi connectivity index (χ1) is 8.74. The van der Waals surface area contributed by atoms with E-state index in [-0.39, 0.29) is 5.91 Å². The van der Waals surface area contributed by atoms with E-state index in [9.17, 15) is 4.79 Å². The second-order valence-electron chi connectivity index (χ2n) is 4.72. The zero-order valence-electron chi connectivity index (χ0n) is 10.4. The second kappa shape index (κ2) is 7.12. The minimum atomic E-state index is 0.144. The van der Waals surface area contributed by atoms with Gasteiger partial charge in [0.1, 0.15) is 0 Å². The van der Waals surface area contributed by atoms with Crippen LogP contribution in [0.2, 0.25) is 4.34 Å². The Labute approximate surface area is 117 Å². The van der Waals surface area contributed by atoms with Crippen molar-refractivity contribution < 1.29 is 4.79 Å². The smallest absolute Gasteiger partial charge is 0.220 e. The van der Waals surface area contributed by atoms with Crippen molar-refractivity contribution in [3.8, 4) is 0 Å². The maximum absolute atomic E-state index is 11.7. The average Bonchev–Trinajstić information content (AvgIpc) is 2.81. The summed E-state index contributed by atoms with van der Waals surface area (Å²) >= 11 is 7.40. The summed E-state index contributed by atoms with van der Waals surface area (Å²) in [6.45, 7) is 2.95. The first-order valence-electron chi connectivity index (χ1n) is 6.45. The highest BCUT2D eigenvalue weighted by molar-refractivity contribution is 7.16. The first kappa shape index (κ1) is 13.8. The molecule has 1 aliphatic heterocycles. The van der Waals surface area contributed by atoms with E-state index in [2.05, 4.69) is 10.6 Å². The van der Waals surface area contributed by atoms with Crippen LogP contribution in [0.1, 0.15) is 24.1 Å². The molecular weight excluding hydrogens is 268 g/mol. The number of piperidine rings is 1. The molecule has 2 N–H and O–H groups in total. The molecule has 18 heavy (non-hydrogen) atoms. The molecule has 1 aromatic rings. The Morgan fingerprint density at radius 3 is 3.11 bits per heavy atom. The van der Waals surface area contributed by atoms with Crippen LogP contribution in [0.15, 0.2) is 12.1 Å². The molecule has 1 unspecified atom stereocenters. The number of rotatable bonds is 5. The fraction of sp³-hybridized carbons (Fsp3) is 0.615. The number of thiophene rings is 1. The van der Waals surface area contributed by atoms with Crippen molar-refractivity contribution in [2.45, 2.75) is 25.7 Å². The third-order valence-corrected chi connectivity index (χ3v) is 4.51. The third-order valence-electron chi connectivity index (χ3n) is 3.21. The van der Waals surface area contributed by atoms with E-state index in [0.29, 0.717) is 12.3 Å². The summed E-state index contributed by atoms with van der Waals surface area (Å²) in [6.07, 6.45) is 3.77. The molecule has 0 aromatic carbocycles. The monoisotopic (exact) mass is 286 g/mol. The minimum Gasteiger partial charge on any atom is -0.356 e. The van der Waals surface area contributed by atoms with E-state index in [4.69, 9.17) is 11.6 Å². The topological polar surface area (TPSA) is 41.1 Å². The van der Waals surface area contributed by atoms with Crippen molar-refractivity contribution >= 4 is 28.8 Å². The lowest BCUT2D eigenvalue weighted by atomic mass is 10.00. The van der Waals surface area contributed by atoms with Crippen molar-refractivity contribution in [1.82, 2.24) is 10.6 Å². The molecule has 1 aromatic heterocycles. The zero-order chi connectivity index (χ0) is 12.8. The van der Waals surface area contributed by atoms with Crippen LogP contribution in [0.3, 0.4) is 0 Å². The minimum absolute atomic E-state index is 0.144. The largest absolute Gasteiger partial charge is 0.356 e. The van der Waals surface area contributed by atoms with Gasteiger partial charge in [0.2, 0.25) is 5.91 Å². The molecule has 1 saturated heterocycles. The predicted molar refractivity (Wildman–Crippen MR) is 76.3 cm³/mol. The van der Waals surface area contributed by atoms with Gasteiger partial charge in [-0.15, -0.1) is 11.3 Å². The highest BCUT2D eigenvalue weighted by Crippen LogP contribution is 2.22. The summed E-state index contributed by atoms with van der Waals surface area (Å²) in [5.74, 6) is 0.740. The second-order valence-corrected chi connectivity index (χ2v) is 6.52. The maximum Gasteiger partial charge on any atom is 0.220 e. The molecule has 1 aliphatic rings. The van der Waals surface area contributed by atoms with Gasteiger partial charge < -0.3 is 10.6 Å². The molecule has 1 atom stereocenters. The van der Waals surface area contributed by atoms with Gasteiger partial charge in [-0.1, -0.05) is 11.6 Å². The number of hydrogen-bond donors (Lipinski definition) is 2. The highest BCUT2D eigenvalue weighted by Gasteiger charge is 2.13. The van der Waals surface area contributed by atoms with Crippen molar-refractivity contribution in [2.24, 2.45) is 5.92 Å². The molecule has 1 fully saturated rings. The van der Waals surface area contributed by atoms with Gasteiger partial charge in [-0.3, -0.25) is 4.79 Å². The van der Waals surface area contributed by atoms with Crippen molar-refractivity contribution in [3.63, 3.8) is 0 Å². The van der Waals surface area contributed by atoms with Crippen LogP contribution in [-0.2, 0) is 11.2 Å². The Bertz CT molecular complexity index is 388. The summed E-state index contributed by atoms with van der Waals surface area (Å²) in [7, 11) is 0. The summed E-state index contributed by atoms with van der Waals surface area (Å²) < 4.78 is 0.790. The van der Waals surface area contributed by atoms with Crippen LogP contribution in [0.25, 0.3) is 0 Å². The molecule has 5 heteroatoms. The summed E-state index contributed by atoms with van der Waals surface area (Å²) in [5.41, 5.74) is 0. The number of nitrogens with one attached hydrogen (secondary N) is 2. The van der Waals surface area contributed by atoms with Crippen LogP contribution in [0, 0.1) is 5.92 Å². The molecule has 2 heterocycles. The molecule has 0 radical (unpaired) electrons. The van der Waals surface area contributed by atoms with Crippen LogP contribution < -0.4 is 10.6 Å². The first-order valence-corrected chi connectivity index (χ1v) is 7.65. The van der Waals surface area contributed by atoms with E-state index >= 15 is 0 Å². The lowest BCUT2D eigenvalue weighted by molar-refractivity contribution is -0.121. The Morgan fingerprint density at radius 2 is 2.44 bits per heavy atom. The van der Waals surface area contributed by atoms with Gasteiger partial charge in [0.15, 0.2) is 0 Å². The number of hydrogen-bond acceptors (Lipinski definition) is 3. The van der Waals surface area contributed by atoms with E-state index < -0.39 is 0 Å². The van der Waals surface area contributed by atoms with Crippen molar-refractivity contribution in [3.05, 3.63) is 21.3 Å². The standard InChI is InChI=1S/C13H19ClN2OS/c14-12-5-3-11(18-12)4-6-13(17)16-9-10-2-1-7-15-8-10/h3,5,10,15H,1-2,4,6-9H2,(H,16,17). The number of aryl methyl sites for hydroxylation is 1. The van der Waals surface area contributed by atoms with Crippen LogP contribution in [0.4, 0.5) is 0 Å². The molecule has 0 aliphatic carbocycles. The van der Waals surface area contributed by atoms with Crippen LogP contribution in [0.5, 0.6) is 0 Å². The molecular formula is C13H19ClN2OS. The van der Waals surface area contributed by atoms with Crippen molar-refractivity contribution in [2.75, 3.05) is 19.6 Å². The van der Waals surface area contributed by atoms with Gasteiger partial charge in [0, 0.05) is 17.8 Å². The number of halogens is 1. The molecule has 100 valence electrons. The lowest BCUT2D eigenvalue weighted by Crippen LogP contribution is -2.38. The summed E-state index contributed by atoms with van der Waals surface area (Å²) in [4.78, 5) is 12.9. The van der Waals surface area contributed by atoms with E-state index in [1.807, 2.05) is 12.1 Å². The van der Waals surface area contributed by atoms with Crippen LogP contribution in [-0.4, -0.2) is 25.5 Å². The van der Waals surface area contributed by atoms with Gasteiger partial charge in [0.05, 0.1) is 4.34 Å². The quantitative estimate of drug-likeness (QED) is 0.873. The van der Waals surface area contributed by atoms with E-state index in [0.717, 1.165) is 30.4 Å². The fourth-order valence-electron chi connectivity index (χ4n) is 2.17. The molecule has 2 rings (SSSR count). The molecule has 0 bridgehead atoms. The Balaban J connectivity index is 1.62. The third kappa shape index (κ3) is 4.59. The maximum atomic E-state index is 11.7. The van der Waals surface area contributed by atoms with Gasteiger partial charge in [-0.05, 0) is 50.4 Å². The molecule has 3 nitrogen and oxygen atoms in total. The lowest BCUT2D eigenvalue weighted by Gasteiger charge is -2.22. The van der Waals surface area contributed by atoms with Gasteiger partial charge in [0.25, 0.3) is 0 Å². The van der Waals surface area contributed by atoms with Crippen molar-refractivity contribution in [1.29, 1.82) is 0 Å². The fourth-order valence-corrected chi connectivity index (χ4v) is 3.25. The summed E-state index contributed by atoms with van der Waals surface area (Å²) in [6, 6.07) is 3.87. The average molecular weight is 287 g/mol. The molecule has 1 amide bonds. The molecule has 0 spiro atoms. The number of carbonyl (C=O) groups is 1. The van der Waals surface area contributed by atoms with Gasteiger partial charge in [-0.2, -0.15) is 0 Å². The van der Waals surface area contributed by atoms with E-state index in [1.54, 1.807) is 11.3 Å². The van der Waals surface area contributed by atoms with Gasteiger partial charge in [-0.25, -0.2) is 0 Å². The van der Waals surface area contributed by atoms with Gasteiger partial charge >= 0.3 is 0 Å². The number of carbonyl (C=O) groups excluding carboxylic acids is 1. The van der Waals surface area contributed by atoms with E-state index in [1.165, 1.54) is 17.7 Å². The Kier molecular flexibility index (Phi) is 5.47. The number of amides is 1. The SMILES string of the molecule is O=C(CCc1ccc(Cl)s1)NCC1CCCNC1. The zero-order valence-corrected chi connectivity index (χ0v) is 11.9. The molecule has 0 saturated carbocycles. The normalized spacial score (nSPS) is 19.7. The Hall–Kier alpha value is -0.580.